The summed E-state index contributed by atoms with van der Waals surface area (Å²) < 4.78 is 22.3. The number of nitrogens with one attached hydrogen (secondary N) is 1. The van der Waals surface area contributed by atoms with Crippen molar-refractivity contribution in [2.24, 2.45) is 11.8 Å². The van der Waals surface area contributed by atoms with Gasteiger partial charge in [0.15, 0.2) is 0 Å². The number of pyridine rings is 1. The second-order valence-electron chi connectivity index (χ2n) is 11.4. The lowest BCUT2D eigenvalue weighted by atomic mass is 9.95. The summed E-state index contributed by atoms with van der Waals surface area (Å²) in [5, 5.41) is 21.1. The molecule has 1 aliphatic carbocycles. The van der Waals surface area contributed by atoms with Crippen molar-refractivity contribution in [2.75, 3.05) is 57.3 Å². The molecule has 4 atom stereocenters. The maximum absolute atomic E-state index is 15.3. The molecule has 0 bridgehead atoms. The second-order valence-corrected chi connectivity index (χ2v) is 11.4. The summed E-state index contributed by atoms with van der Waals surface area (Å²) in [6.45, 7) is 5.68. The van der Waals surface area contributed by atoms with Crippen LogP contribution in [0.15, 0.2) is 48.9 Å². The van der Waals surface area contributed by atoms with Crippen LogP contribution in [-0.4, -0.2) is 100 Å². The number of nitriles is 1. The summed E-state index contributed by atoms with van der Waals surface area (Å²) in [6, 6.07) is 10.7. The molecule has 12 nitrogen and oxygen atoms in total. The fourth-order valence-electron chi connectivity index (χ4n) is 6.67. The van der Waals surface area contributed by atoms with E-state index in [0.29, 0.717) is 48.7 Å². The van der Waals surface area contributed by atoms with Crippen molar-refractivity contribution >= 4 is 17.7 Å². The van der Waals surface area contributed by atoms with Crippen LogP contribution in [0.1, 0.15) is 5.69 Å². The molecule has 42 heavy (non-hydrogen) atoms. The minimum absolute atomic E-state index is 0.0532. The molecule has 4 fully saturated rings. The third kappa shape index (κ3) is 4.56. The van der Waals surface area contributed by atoms with Gasteiger partial charge in [-0.2, -0.15) is 5.26 Å². The first-order valence-electron chi connectivity index (χ1n) is 14.2. The molecule has 2 amide bonds. The van der Waals surface area contributed by atoms with E-state index in [2.05, 4.69) is 31.6 Å². The van der Waals surface area contributed by atoms with Crippen LogP contribution in [0.4, 0.5) is 14.9 Å². The van der Waals surface area contributed by atoms with E-state index in [-0.39, 0.29) is 24.3 Å². The molecular formula is C29H30FN9O3. The number of carbonyl (C=O) groups excluding carboxylic acids is 2. The Morgan fingerprint density at radius 1 is 1.17 bits per heavy atom. The first-order valence-corrected chi connectivity index (χ1v) is 14.2. The molecule has 0 unspecified atom stereocenters. The highest BCUT2D eigenvalue weighted by Crippen LogP contribution is 2.62. The minimum atomic E-state index is -0.717. The summed E-state index contributed by atoms with van der Waals surface area (Å²) >= 11 is 0. The molecule has 3 aliphatic heterocycles. The Morgan fingerprint density at radius 2 is 1.98 bits per heavy atom. The zero-order valence-electron chi connectivity index (χ0n) is 22.9. The Morgan fingerprint density at radius 3 is 2.64 bits per heavy atom. The van der Waals surface area contributed by atoms with Crippen LogP contribution in [0.3, 0.4) is 0 Å². The Balaban J connectivity index is 1.00. The van der Waals surface area contributed by atoms with Gasteiger partial charge in [-0.15, -0.1) is 5.10 Å². The summed E-state index contributed by atoms with van der Waals surface area (Å²) in [5.74, 6) is -0.271. The fourth-order valence-corrected chi connectivity index (χ4v) is 6.67. The largest absolute Gasteiger partial charge is 0.442 e. The highest BCUT2D eigenvalue weighted by molar-refractivity contribution is 5.90. The number of aromatic nitrogens is 4. The number of amides is 2. The molecule has 0 spiro atoms. The molecule has 1 aromatic carbocycles. The van der Waals surface area contributed by atoms with Crippen LogP contribution in [0, 0.1) is 29.0 Å². The van der Waals surface area contributed by atoms with Gasteiger partial charge in [0.2, 0.25) is 5.91 Å². The number of fused-ring (bicyclic) bond motifs is 1. The molecule has 1 saturated carbocycles. The van der Waals surface area contributed by atoms with E-state index < -0.39 is 23.4 Å². The molecule has 2 aromatic heterocycles. The average molecular weight is 572 g/mol. The van der Waals surface area contributed by atoms with Crippen LogP contribution in [-0.2, 0) is 21.5 Å². The lowest BCUT2D eigenvalue weighted by Crippen LogP contribution is -2.48. The quantitative estimate of drug-likeness (QED) is 0.445. The van der Waals surface area contributed by atoms with Gasteiger partial charge in [-0.25, -0.2) is 13.9 Å². The van der Waals surface area contributed by atoms with Crippen LogP contribution in [0.25, 0.3) is 11.1 Å². The van der Waals surface area contributed by atoms with Crippen molar-refractivity contribution in [2.45, 2.75) is 18.1 Å². The van der Waals surface area contributed by atoms with Gasteiger partial charge in [-0.3, -0.25) is 19.6 Å². The SMILES string of the molecule is N#C[C@]1(c2ccc(-c3ccc(N4C[C@H](Cn5ccnn5)OC4=O)cc3F)cn2)[C@@H]2CN(C(=O)CN3CCNCC3)C[C@@H]21. The van der Waals surface area contributed by atoms with Crippen molar-refractivity contribution in [3.8, 4) is 17.2 Å². The lowest BCUT2D eigenvalue weighted by molar-refractivity contribution is -0.132. The molecule has 4 aliphatic rings. The predicted octanol–water partition coefficient (Wildman–Crippen LogP) is 1.26. The summed E-state index contributed by atoms with van der Waals surface area (Å²) in [6.07, 6.45) is 3.85. The molecule has 0 radical (unpaired) electrons. The maximum Gasteiger partial charge on any atom is 0.414 e. The Kier molecular flexibility index (Phi) is 6.59. The van der Waals surface area contributed by atoms with Crippen molar-refractivity contribution in [1.29, 1.82) is 5.26 Å². The van der Waals surface area contributed by atoms with Gasteiger partial charge in [0.25, 0.3) is 0 Å². The monoisotopic (exact) mass is 571 g/mol. The predicted molar refractivity (Wildman–Crippen MR) is 147 cm³/mol. The number of likely N-dealkylation sites (tertiary alicyclic amines) is 1. The van der Waals surface area contributed by atoms with Gasteiger partial charge in [-0.05, 0) is 24.3 Å². The van der Waals surface area contributed by atoms with E-state index in [4.69, 9.17) is 4.74 Å². The van der Waals surface area contributed by atoms with Crippen molar-refractivity contribution in [3.63, 3.8) is 0 Å². The van der Waals surface area contributed by atoms with Crippen LogP contribution >= 0.6 is 0 Å². The van der Waals surface area contributed by atoms with Crippen molar-refractivity contribution < 1.29 is 18.7 Å². The third-order valence-electron chi connectivity index (χ3n) is 8.99. The van der Waals surface area contributed by atoms with Gasteiger partial charge in [-0.1, -0.05) is 11.3 Å². The number of cyclic esters (lactones) is 1. The second kappa shape index (κ2) is 10.5. The van der Waals surface area contributed by atoms with E-state index in [0.717, 1.165) is 26.2 Å². The molecule has 7 rings (SSSR count). The number of hydrogen-bond donors (Lipinski definition) is 1. The molecule has 3 saturated heterocycles. The zero-order chi connectivity index (χ0) is 28.8. The number of halogens is 1. The van der Waals surface area contributed by atoms with Gasteiger partial charge in [0, 0.05) is 74.6 Å². The third-order valence-corrected chi connectivity index (χ3v) is 8.99. The number of carbonyl (C=O) groups is 2. The van der Waals surface area contributed by atoms with Gasteiger partial charge >= 0.3 is 6.09 Å². The van der Waals surface area contributed by atoms with Crippen LogP contribution in [0.5, 0.6) is 0 Å². The molecular weight excluding hydrogens is 541 g/mol. The summed E-state index contributed by atoms with van der Waals surface area (Å²) in [4.78, 5) is 35.3. The van der Waals surface area contributed by atoms with Gasteiger partial charge < -0.3 is 15.0 Å². The topological polar surface area (TPSA) is 133 Å². The first-order chi connectivity index (χ1) is 20.5. The van der Waals surface area contributed by atoms with E-state index >= 15 is 4.39 Å². The Bertz CT molecular complexity index is 1520. The summed E-state index contributed by atoms with van der Waals surface area (Å²) in [7, 11) is 0. The molecule has 1 N–H and O–H groups in total. The average Bonchev–Trinajstić information content (AvgIpc) is 3.51. The van der Waals surface area contributed by atoms with E-state index in [9.17, 15) is 14.9 Å². The Labute approximate surface area is 241 Å². The maximum atomic E-state index is 15.3. The number of piperidine rings is 1. The van der Waals surface area contributed by atoms with Crippen molar-refractivity contribution in [3.05, 3.63) is 60.4 Å². The minimum Gasteiger partial charge on any atom is -0.442 e. The number of piperazine rings is 1. The molecule has 216 valence electrons. The smallest absolute Gasteiger partial charge is 0.414 e. The summed E-state index contributed by atoms with van der Waals surface area (Å²) in [5.41, 5.74) is 1.26. The number of benzene rings is 1. The van der Waals surface area contributed by atoms with Gasteiger partial charge in [0.1, 0.15) is 17.3 Å². The van der Waals surface area contributed by atoms with Gasteiger partial charge in [0.05, 0.1) is 43.3 Å². The number of rotatable bonds is 7. The fraction of sp³-hybridized carbons (Fsp3) is 0.448. The van der Waals surface area contributed by atoms with Crippen LogP contribution in [0.2, 0.25) is 0 Å². The van der Waals surface area contributed by atoms with Crippen LogP contribution < -0.4 is 10.2 Å². The Hall–Kier alpha value is -4.41. The standard InChI is InChI=1S/C29H30FN9O3/c30-25-11-20(39-14-21(42-28(39)41)13-38-10-7-34-35-38)2-3-22(25)19-1-4-26(33-12-19)29(18-31)23-15-37(16-24(23)29)27(40)17-36-8-5-32-6-9-36/h1-4,7,10-12,21,23-24,32H,5-6,8-9,13-17H2/t21-,23-,24+,29+/m0/s1. The van der Waals surface area contributed by atoms with Crippen molar-refractivity contribution in [1.82, 2.24) is 35.1 Å². The zero-order valence-corrected chi connectivity index (χ0v) is 22.9. The van der Waals surface area contributed by atoms with E-state index in [1.165, 1.54) is 11.0 Å². The highest BCUT2D eigenvalue weighted by atomic mass is 19.1. The highest BCUT2D eigenvalue weighted by Gasteiger charge is 2.71. The molecule has 3 aromatic rings. The number of ether oxygens (including phenoxy) is 1. The number of hydrogen-bond acceptors (Lipinski definition) is 9. The number of nitrogens with zero attached hydrogens (tertiary/aromatic N) is 8. The normalized spacial score (nSPS) is 27.0. The number of anilines is 1. The van der Waals surface area contributed by atoms with E-state index in [1.807, 2.05) is 4.90 Å². The molecule has 5 heterocycles. The van der Waals surface area contributed by atoms with E-state index in [1.54, 1.807) is 47.5 Å². The molecule has 13 heteroatoms. The first kappa shape index (κ1) is 26.5. The lowest BCUT2D eigenvalue weighted by Gasteiger charge is -2.29.